The van der Waals surface area contributed by atoms with Gasteiger partial charge in [0.05, 0.1) is 11.2 Å². The van der Waals surface area contributed by atoms with Gasteiger partial charge < -0.3 is 5.32 Å². The van der Waals surface area contributed by atoms with Crippen LogP contribution in [0.3, 0.4) is 0 Å². The standard InChI is InChI=1S/C24H28N2/c1-24(2,3)18-14-12-17(13-15-18)22-16-23(25-19-8-4-5-9-19)20-10-6-7-11-21(20)26-22/h6-7,10-16,19H,4-5,8-9H2,1-3H3,(H,25,26). The second-order valence-electron chi connectivity index (χ2n) is 8.53. The molecule has 1 aromatic heterocycles. The van der Waals surface area contributed by atoms with Crippen LogP contribution in [0, 0.1) is 0 Å². The van der Waals surface area contributed by atoms with Crippen LogP contribution in [0.2, 0.25) is 0 Å². The number of aromatic nitrogens is 1. The van der Waals surface area contributed by atoms with Crippen molar-refractivity contribution in [3.63, 3.8) is 0 Å². The first-order valence-electron chi connectivity index (χ1n) is 9.78. The van der Waals surface area contributed by atoms with Crippen molar-refractivity contribution in [1.82, 2.24) is 4.98 Å². The van der Waals surface area contributed by atoms with Crippen molar-refractivity contribution in [3.8, 4) is 11.3 Å². The number of anilines is 1. The molecule has 2 heteroatoms. The Balaban J connectivity index is 1.75. The van der Waals surface area contributed by atoms with Gasteiger partial charge in [-0.05, 0) is 36.0 Å². The summed E-state index contributed by atoms with van der Waals surface area (Å²) in [7, 11) is 0. The van der Waals surface area contributed by atoms with Crippen LogP contribution in [-0.4, -0.2) is 11.0 Å². The first-order chi connectivity index (χ1) is 12.5. The minimum Gasteiger partial charge on any atom is -0.382 e. The summed E-state index contributed by atoms with van der Waals surface area (Å²) < 4.78 is 0. The molecule has 0 spiro atoms. The molecule has 1 fully saturated rings. The van der Waals surface area contributed by atoms with Crippen LogP contribution in [-0.2, 0) is 5.41 Å². The van der Waals surface area contributed by atoms with Gasteiger partial charge in [-0.15, -0.1) is 0 Å². The molecule has 2 aromatic carbocycles. The third-order valence-electron chi connectivity index (χ3n) is 5.48. The number of nitrogens with zero attached hydrogens (tertiary/aromatic N) is 1. The second kappa shape index (κ2) is 6.75. The largest absolute Gasteiger partial charge is 0.382 e. The molecule has 1 N–H and O–H groups in total. The highest BCUT2D eigenvalue weighted by Crippen LogP contribution is 2.32. The summed E-state index contributed by atoms with van der Waals surface area (Å²) in [5, 5.41) is 5.01. The normalized spacial score (nSPS) is 15.5. The maximum atomic E-state index is 4.93. The van der Waals surface area contributed by atoms with Crippen molar-refractivity contribution in [2.45, 2.75) is 57.9 Å². The molecule has 0 unspecified atom stereocenters. The topological polar surface area (TPSA) is 24.9 Å². The van der Waals surface area contributed by atoms with E-state index in [9.17, 15) is 0 Å². The highest BCUT2D eigenvalue weighted by molar-refractivity contribution is 5.93. The van der Waals surface area contributed by atoms with Crippen molar-refractivity contribution in [1.29, 1.82) is 0 Å². The number of nitrogens with one attached hydrogen (secondary N) is 1. The molecular formula is C24H28N2. The molecule has 4 rings (SSSR count). The number of pyridine rings is 1. The summed E-state index contributed by atoms with van der Waals surface area (Å²) in [6.45, 7) is 6.75. The molecular weight excluding hydrogens is 316 g/mol. The fourth-order valence-corrected chi connectivity index (χ4v) is 3.87. The minimum absolute atomic E-state index is 0.171. The maximum Gasteiger partial charge on any atom is 0.0730 e. The van der Waals surface area contributed by atoms with E-state index in [1.54, 1.807) is 0 Å². The molecule has 0 radical (unpaired) electrons. The van der Waals surface area contributed by atoms with Crippen LogP contribution in [0.15, 0.2) is 54.6 Å². The lowest BCUT2D eigenvalue weighted by Crippen LogP contribution is -2.15. The third kappa shape index (κ3) is 3.46. The SMILES string of the molecule is CC(C)(C)c1ccc(-c2cc(NC3CCCC3)c3ccccc3n2)cc1. The summed E-state index contributed by atoms with van der Waals surface area (Å²) in [6.07, 6.45) is 5.21. The average Bonchev–Trinajstić information content (AvgIpc) is 3.14. The Kier molecular flexibility index (Phi) is 4.44. The summed E-state index contributed by atoms with van der Waals surface area (Å²) in [4.78, 5) is 4.93. The zero-order valence-electron chi connectivity index (χ0n) is 16.0. The zero-order valence-corrected chi connectivity index (χ0v) is 16.0. The summed E-state index contributed by atoms with van der Waals surface area (Å²) in [6, 6.07) is 20.2. The van der Waals surface area contributed by atoms with Gasteiger partial charge in [0.2, 0.25) is 0 Å². The van der Waals surface area contributed by atoms with E-state index in [-0.39, 0.29) is 5.41 Å². The molecule has 1 heterocycles. The van der Waals surface area contributed by atoms with Gasteiger partial charge >= 0.3 is 0 Å². The highest BCUT2D eigenvalue weighted by Gasteiger charge is 2.17. The van der Waals surface area contributed by atoms with Gasteiger partial charge in [0.1, 0.15) is 0 Å². The van der Waals surface area contributed by atoms with Crippen molar-refractivity contribution >= 4 is 16.6 Å². The smallest absolute Gasteiger partial charge is 0.0730 e. The number of benzene rings is 2. The van der Waals surface area contributed by atoms with E-state index in [0.29, 0.717) is 6.04 Å². The molecule has 3 aromatic rings. The Hall–Kier alpha value is -2.35. The average molecular weight is 345 g/mol. The molecule has 26 heavy (non-hydrogen) atoms. The first-order valence-corrected chi connectivity index (χ1v) is 9.78. The second-order valence-corrected chi connectivity index (χ2v) is 8.53. The van der Waals surface area contributed by atoms with E-state index in [1.165, 1.54) is 47.9 Å². The predicted molar refractivity (Wildman–Crippen MR) is 112 cm³/mol. The number of hydrogen-bond acceptors (Lipinski definition) is 2. The fourth-order valence-electron chi connectivity index (χ4n) is 3.87. The Morgan fingerprint density at radius 3 is 2.31 bits per heavy atom. The predicted octanol–water partition coefficient (Wildman–Crippen LogP) is 6.55. The molecule has 1 aliphatic rings. The van der Waals surface area contributed by atoms with E-state index in [0.717, 1.165) is 11.2 Å². The van der Waals surface area contributed by atoms with E-state index in [2.05, 4.69) is 80.7 Å². The van der Waals surface area contributed by atoms with Crippen molar-refractivity contribution in [2.75, 3.05) is 5.32 Å². The van der Waals surface area contributed by atoms with Gasteiger partial charge in [0.15, 0.2) is 0 Å². The molecule has 0 atom stereocenters. The lowest BCUT2D eigenvalue weighted by Gasteiger charge is -2.19. The van der Waals surface area contributed by atoms with Gasteiger partial charge in [-0.3, -0.25) is 0 Å². The van der Waals surface area contributed by atoms with E-state index in [1.807, 2.05) is 0 Å². The van der Waals surface area contributed by atoms with Gasteiger partial charge in [-0.25, -0.2) is 4.98 Å². The van der Waals surface area contributed by atoms with Gasteiger partial charge in [-0.2, -0.15) is 0 Å². The third-order valence-corrected chi connectivity index (χ3v) is 5.48. The Labute approximate surface area is 156 Å². The van der Waals surface area contributed by atoms with Gasteiger partial charge in [0, 0.05) is 22.7 Å². The summed E-state index contributed by atoms with van der Waals surface area (Å²) in [5.74, 6) is 0. The van der Waals surface area contributed by atoms with Crippen molar-refractivity contribution < 1.29 is 0 Å². The first kappa shape index (κ1) is 17.1. The molecule has 0 bridgehead atoms. The highest BCUT2D eigenvalue weighted by atomic mass is 14.9. The number of para-hydroxylation sites is 1. The van der Waals surface area contributed by atoms with Gasteiger partial charge in [0.25, 0.3) is 0 Å². The van der Waals surface area contributed by atoms with E-state index < -0.39 is 0 Å². The number of fused-ring (bicyclic) bond motifs is 1. The summed E-state index contributed by atoms with van der Waals surface area (Å²) >= 11 is 0. The summed E-state index contributed by atoms with van der Waals surface area (Å²) in [5.41, 5.74) is 6.03. The van der Waals surface area contributed by atoms with Crippen LogP contribution >= 0.6 is 0 Å². The number of rotatable bonds is 3. The minimum atomic E-state index is 0.171. The molecule has 0 aliphatic heterocycles. The number of hydrogen-bond donors (Lipinski definition) is 1. The lowest BCUT2D eigenvalue weighted by atomic mass is 9.86. The molecule has 1 aliphatic carbocycles. The quantitative estimate of drug-likeness (QED) is 0.582. The van der Waals surface area contributed by atoms with Crippen LogP contribution in [0.25, 0.3) is 22.2 Å². The van der Waals surface area contributed by atoms with Crippen molar-refractivity contribution in [2.24, 2.45) is 0 Å². The molecule has 1 saturated carbocycles. The van der Waals surface area contributed by atoms with Crippen LogP contribution < -0.4 is 5.32 Å². The molecule has 134 valence electrons. The zero-order chi connectivity index (χ0) is 18.1. The maximum absolute atomic E-state index is 4.93. The molecule has 2 nitrogen and oxygen atoms in total. The Morgan fingerprint density at radius 1 is 0.923 bits per heavy atom. The van der Waals surface area contributed by atoms with Crippen LogP contribution in [0.1, 0.15) is 52.0 Å². The Morgan fingerprint density at radius 2 is 1.62 bits per heavy atom. The van der Waals surface area contributed by atoms with Crippen LogP contribution in [0.4, 0.5) is 5.69 Å². The molecule has 0 saturated heterocycles. The van der Waals surface area contributed by atoms with Crippen molar-refractivity contribution in [3.05, 3.63) is 60.2 Å². The van der Waals surface area contributed by atoms with E-state index in [4.69, 9.17) is 4.98 Å². The van der Waals surface area contributed by atoms with Gasteiger partial charge in [-0.1, -0.05) is 76.1 Å². The Bertz CT molecular complexity index is 898. The molecule has 0 amide bonds. The lowest BCUT2D eigenvalue weighted by molar-refractivity contribution is 0.590. The monoisotopic (exact) mass is 344 g/mol. The fraction of sp³-hybridized carbons (Fsp3) is 0.375. The van der Waals surface area contributed by atoms with Crippen LogP contribution in [0.5, 0.6) is 0 Å². The van der Waals surface area contributed by atoms with E-state index >= 15 is 0 Å².